The van der Waals surface area contributed by atoms with Crippen LogP contribution in [0.15, 0.2) is 42.2 Å². The molecule has 0 fully saturated rings. The molecule has 0 aromatic heterocycles. The summed E-state index contributed by atoms with van der Waals surface area (Å²) in [6.45, 7) is 4.27. The van der Waals surface area contributed by atoms with Gasteiger partial charge in [0, 0.05) is 17.1 Å². The smallest absolute Gasteiger partial charge is 0.130 e. The summed E-state index contributed by atoms with van der Waals surface area (Å²) >= 11 is 11.7. The third-order valence-corrected chi connectivity index (χ3v) is 2.75. The lowest BCUT2D eigenvalue weighted by Crippen LogP contribution is -2.27. The molecule has 90 valence electrons. The van der Waals surface area contributed by atoms with Gasteiger partial charge in [-0.25, -0.2) is 0 Å². The zero-order valence-electron chi connectivity index (χ0n) is 9.34. The number of hydrazine groups is 1. The minimum Gasteiger partial charge on any atom is -0.487 e. The van der Waals surface area contributed by atoms with E-state index >= 15 is 0 Å². The van der Waals surface area contributed by atoms with Gasteiger partial charge in [-0.3, -0.25) is 10.4 Å². The molecular weight excluding hydrogens is 259 g/mol. The number of rotatable bonds is 3. The van der Waals surface area contributed by atoms with E-state index in [1.807, 2.05) is 18.1 Å². The second-order valence-electron chi connectivity index (χ2n) is 3.73. The van der Waals surface area contributed by atoms with Crippen molar-refractivity contribution in [3.63, 3.8) is 0 Å². The first kappa shape index (κ1) is 12.1. The van der Waals surface area contributed by atoms with Crippen LogP contribution in [0.25, 0.3) is 0 Å². The molecule has 1 heterocycles. The Bertz CT molecular complexity index is 465. The number of allylic oxidation sites excluding steroid dienone is 1. The van der Waals surface area contributed by atoms with Gasteiger partial charge in [-0.15, -0.1) is 0 Å². The lowest BCUT2D eigenvalue weighted by atomic mass is 10.3. The molecule has 5 heteroatoms. The van der Waals surface area contributed by atoms with Gasteiger partial charge in [0.05, 0.1) is 11.4 Å². The number of hydrogen-bond donors (Lipinski definition) is 1. The fourth-order valence-corrected chi connectivity index (χ4v) is 1.97. The number of ether oxygens (including phenoxy) is 1. The van der Waals surface area contributed by atoms with Crippen molar-refractivity contribution >= 4 is 23.2 Å². The fraction of sp³-hybridized carbons (Fsp3) is 0.167. The number of benzene rings is 1. The molecule has 1 aromatic carbocycles. The molecule has 0 bridgehead atoms. The lowest BCUT2D eigenvalue weighted by molar-refractivity contribution is 0.306. The van der Waals surface area contributed by atoms with Crippen LogP contribution in [0.3, 0.4) is 0 Å². The van der Waals surface area contributed by atoms with Gasteiger partial charge in [-0.05, 0) is 24.3 Å². The predicted octanol–water partition coefficient (Wildman–Crippen LogP) is 3.22. The van der Waals surface area contributed by atoms with Gasteiger partial charge in [-0.2, -0.15) is 0 Å². The van der Waals surface area contributed by atoms with E-state index < -0.39 is 0 Å². The van der Waals surface area contributed by atoms with Crippen LogP contribution >= 0.6 is 23.2 Å². The van der Waals surface area contributed by atoms with Crippen LogP contribution < -0.4 is 10.2 Å². The Morgan fingerprint density at radius 2 is 1.94 bits per heavy atom. The lowest BCUT2D eigenvalue weighted by Gasteiger charge is -2.15. The maximum atomic E-state index is 5.87. The SMILES string of the molecule is C=C1C=C(COc2cc(Cl)cc(Cl)c2)NN1C. The minimum atomic E-state index is 0.417. The molecule has 0 atom stereocenters. The summed E-state index contributed by atoms with van der Waals surface area (Å²) in [5.41, 5.74) is 4.94. The first-order chi connectivity index (χ1) is 8.04. The predicted molar refractivity (Wildman–Crippen MR) is 70.1 cm³/mol. The second kappa shape index (κ2) is 4.90. The molecule has 17 heavy (non-hydrogen) atoms. The average molecular weight is 271 g/mol. The monoisotopic (exact) mass is 270 g/mol. The number of halogens is 2. The molecule has 0 aliphatic carbocycles. The molecule has 0 saturated carbocycles. The molecule has 0 saturated heterocycles. The van der Waals surface area contributed by atoms with Gasteiger partial charge in [0.2, 0.25) is 0 Å². The van der Waals surface area contributed by atoms with Gasteiger partial charge in [0.15, 0.2) is 0 Å². The van der Waals surface area contributed by atoms with E-state index in [2.05, 4.69) is 12.0 Å². The maximum absolute atomic E-state index is 5.87. The normalized spacial score (nSPS) is 14.6. The average Bonchev–Trinajstić information content (AvgIpc) is 2.54. The molecule has 1 aromatic rings. The summed E-state index contributed by atoms with van der Waals surface area (Å²) in [7, 11) is 1.89. The Labute approximate surface area is 110 Å². The summed E-state index contributed by atoms with van der Waals surface area (Å²) < 4.78 is 5.58. The Morgan fingerprint density at radius 3 is 2.47 bits per heavy atom. The van der Waals surface area contributed by atoms with Crippen molar-refractivity contribution < 1.29 is 4.74 Å². The molecule has 1 aliphatic heterocycles. The molecule has 0 amide bonds. The highest BCUT2D eigenvalue weighted by molar-refractivity contribution is 6.34. The second-order valence-corrected chi connectivity index (χ2v) is 4.60. The minimum absolute atomic E-state index is 0.417. The van der Waals surface area contributed by atoms with E-state index in [0.717, 1.165) is 11.4 Å². The summed E-state index contributed by atoms with van der Waals surface area (Å²) in [6, 6.07) is 5.11. The van der Waals surface area contributed by atoms with Crippen LogP contribution in [0.4, 0.5) is 0 Å². The molecule has 3 nitrogen and oxygen atoms in total. The van der Waals surface area contributed by atoms with Crippen LogP contribution in [0.2, 0.25) is 10.0 Å². The Kier molecular flexibility index (Phi) is 3.50. The van der Waals surface area contributed by atoms with Gasteiger partial charge >= 0.3 is 0 Å². The number of likely N-dealkylation sites (N-methyl/N-ethyl adjacent to an activating group) is 1. The zero-order valence-corrected chi connectivity index (χ0v) is 10.8. The molecule has 1 N–H and O–H groups in total. The molecule has 0 unspecified atom stereocenters. The van der Waals surface area contributed by atoms with Crippen LogP contribution in [-0.4, -0.2) is 18.7 Å². The summed E-state index contributed by atoms with van der Waals surface area (Å²) in [5.74, 6) is 0.644. The topological polar surface area (TPSA) is 24.5 Å². The first-order valence-corrected chi connectivity index (χ1v) is 5.79. The largest absolute Gasteiger partial charge is 0.487 e. The highest BCUT2D eigenvalue weighted by Crippen LogP contribution is 2.24. The molecular formula is C12H12Cl2N2O. The van der Waals surface area contributed by atoms with E-state index in [-0.39, 0.29) is 0 Å². The van der Waals surface area contributed by atoms with Crippen LogP contribution in [0.5, 0.6) is 5.75 Å². The molecule has 2 rings (SSSR count). The van der Waals surface area contributed by atoms with E-state index in [1.54, 1.807) is 18.2 Å². The van der Waals surface area contributed by atoms with Crippen molar-refractivity contribution in [2.75, 3.05) is 13.7 Å². The van der Waals surface area contributed by atoms with Crippen molar-refractivity contribution in [3.05, 3.63) is 52.3 Å². The van der Waals surface area contributed by atoms with Crippen molar-refractivity contribution in [3.8, 4) is 5.75 Å². The van der Waals surface area contributed by atoms with E-state index in [4.69, 9.17) is 27.9 Å². The molecule has 1 aliphatic rings. The highest BCUT2D eigenvalue weighted by Gasteiger charge is 2.12. The molecule has 0 spiro atoms. The van der Waals surface area contributed by atoms with Gasteiger partial charge in [0.1, 0.15) is 12.4 Å². The fourth-order valence-electron chi connectivity index (χ4n) is 1.46. The first-order valence-electron chi connectivity index (χ1n) is 5.03. The molecule has 0 radical (unpaired) electrons. The van der Waals surface area contributed by atoms with Gasteiger partial charge in [-0.1, -0.05) is 29.8 Å². The van der Waals surface area contributed by atoms with Crippen molar-refractivity contribution in [2.24, 2.45) is 0 Å². The van der Waals surface area contributed by atoms with Crippen molar-refractivity contribution in [1.29, 1.82) is 0 Å². The number of nitrogens with zero attached hydrogens (tertiary/aromatic N) is 1. The number of hydrogen-bond acceptors (Lipinski definition) is 3. The van der Waals surface area contributed by atoms with Crippen LogP contribution in [0.1, 0.15) is 0 Å². The number of nitrogens with one attached hydrogen (secondary N) is 1. The summed E-state index contributed by atoms with van der Waals surface area (Å²) in [4.78, 5) is 0. The van der Waals surface area contributed by atoms with Crippen LogP contribution in [-0.2, 0) is 0 Å². The maximum Gasteiger partial charge on any atom is 0.130 e. The Morgan fingerprint density at radius 1 is 1.29 bits per heavy atom. The van der Waals surface area contributed by atoms with Crippen LogP contribution in [0, 0.1) is 0 Å². The van der Waals surface area contributed by atoms with E-state index in [0.29, 0.717) is 22.4 Å². The van der Waals surface area contributed by atoms with Crippen molar-refractivity contribution in [1.82, 2.24) is 10.4 Å². The van der Waals surface area contributed by atoms with Gasteiger partial charge < -0.3 is 4.74 Å². The van der Waals surface area contributed by atoms with Gasteiger partial charge in [0.25, 0.3) is 0 Å². The highest BCUT2D eigenvalue weighted by atomic mass is 35.5. The Balaban J connectivity index is 1.99. The Hall–Kier alpha value is -1.32. The van der Waals surface area contributed by atoms with Crippen molar-refractivity contribution in [2.45, 2.75) is 0 Å². The quantitative estimate of drug-likeness (QED) is 0.913. The van der Waals surface area contributed by atoms with E-state index in [9.17, 15) is 0 Å². The zero-order chi connectivity index (χ0) is 12.4. The van der Waals surface area contributed by atoms with E-state index in [1.165, 1.54) is 0 Å². The standard InChI is InChI=1S/C12H12Cl2N2O/c1-8-3-11(15-16(8)2)7-17-12-5-9(13)4-10(14)6-12/h3-6,15H,1,7H2,2H3. The summed E-state index contributed by atoms with van der Waals surface area (Å²) in [6.07, 6.45) is 1.92. The third-order valence-electron chi connectivity index (χ3n) is 2.31. The summed E-state index contributed by atoms with van der Waals surface area (Å²) in [5, 5.41) is 2.94. The third kappa shape index (κ3) is 3.08.